The van der Waals surface area contributed by atoms with E-state index < -0.39 is 5.97 Å². The van der Waals surface area contributed by atoms with Gasteiger partial charge in [0.1, 0.15) is 11.5 Å². The number of aryl methyl sites for hydroxylation is 1. The molecular formula is C17H15FN4O2. The molecule has 6 nitrogen and oxygen atoms in total. The second-order valence-corrected chi connectivity index (χ2v) is 5.17. The number of carbonyl (C=O) groups is 1. The lowest BCUT2D eigenvalue weighted by atomic mass is 10.3. The van der Waals surface area contributed by atoms with Gasteiger partial charge in [0, 0.05) is 5.69 Å². The van der Waals surface area contributed by atoms with Gasteiger partial charge < -0.3 is 4.74 Å². The van der Waals surface area contributed by atoms with E-state index in [0.717, 1.165) is 5.69 Å². The fourth-order valence-corrected chi connectivity index (χ4v) is 2.33. The molecule has 0 saturated carbocycles. The number of pyridine rings is 1. The van der Waals surface area contributed by atoms with Crippen LogP contribution < -0.4 is 0 Å². The number of aromatic nitrogens is 2. The molecule has 7 heteroatoms. The minimum absolute atomic E-state index is 0.00457. The van der Waals surface area contributed by atoms with Crippen molar-refractivity contribution in [2.24, 2.45) is 10.2 Å². The number of ether oxygens (including phenoxy) is 1. The number of hydrogen-bond donors (Lipinski definition) is 0. The van der Waals surface area contributed by atoms with Crippen molar-refractivity contribution in [1.29, 1.82) is 0 Å². The van der Waals surface area contributed by atoms with E-state index in [2.05, 4.69) is 15.2 Å². The van der Waals surface area contributed by atoms with Gasteiger partial charge in [0.15, 0.2) is 5.82 Å². The number of benzene rings is 1. The molecule has 1 aromatic carbocycles. The van der Waals surface area contributed by atoms with Gasteiger partial charge in [0.05, 0.1) is 24.9 Å². The molecule has 0 radical (unpaired) electrons. The van der Waals surface area contributed by atoms with Gasteiger partial charge in [0.2, 0.25) is 0 Å². The van der Waals surface area contributed by atoms with Crippen LogP contribution in [-0.4, -0.2) is 22.5 Å². The molecule has 122 valence electrons. The SMILES string of the molecule is COC(=O)Cc1nc2cccc(C)n2c1N=Nc1ccc(F)cc1. The second kappa shape index (κ2) is 6.57. The van der Waals surface area contributed by atoms with Crippen molar-refractivity contribution >= 4 is 23.1 Å². The number of hydrogen-bond acceptors (Lipinski definition) is 5. The summed E-state index contributed by atoms with van der Waals surface area (Å²) in [6, 6.07) is 11.3. The van der Waals surface area contributed by atoms with Crippen LogP contribution in [0.15, 0.2) is 52.7 Å². The lowest BCUT2D eigenvalue weighted by molar-refractivity contribution is -0.139. The molecule has 2 heterocycles. The smallest absolute Gasteiger partial charge is 0.311 e. The third-order valence-corrected chi connectivity index (χ3v) is 3.51. The summed E-state index contributed by atoms with van der Waals surface area (Å²) in [5, 5.41) is 8.36. The predicted octanol–water partition coefficient (Wildman–Crippen LogP) is 3.91. The Bertz CT molecular complexity index is 916. The van der Waals surface area contributed by atoms with E-state index in [9.17, 15) is 9.18 Å². The zero-order valence-corrected chi connectivity index (χ0v) is 13.2. The van der Waals surface area contributed by atoms with Crippen LogP contribution in [-0.2, 0) is 16.0 Å². The van der Waals surface area contributed by atoms with Crippen molar-refractivity contribution in [3.8, 4) is 0 Å². The van der Waals surface area contributed by atoms with Crippen molar-refractivity contribution in [3.63, 3.8) is 0 Å². The fraction of sp³-hybridized carbons (Fsp3) is 0.176. The minimum Gasteiger partial charge on any atom is -0.469 e. The van der Waals surface area contributed by atoms with Crippen LogP contribution in [0.5, 0.6) is 0 Å². The summed E-state index contributed by atoms with van der Waals surface area (Å²) in [6.45, 7) is 1.91. The van der Waals surface area contributed by atoms with E-state index in [0.29, 0.717) is 22.8 Å². The third-order valence-electron chi connectivity index (χ3n) is 3.51. The zero-order valence-electron chi connectivity index (χ0n) is 13.2. The van der Waals surface area contributed by atoms with Crippen molar-refractivity contribution in [3.05, 3.63) is 59.7 Å². The largest absolute Gasteiger partial charge is 0.469 e. The van der Waals surface area contributed by atoms with E-state index in [1.807, 2.05) is 29.5 Å². The molecule has 0 saturated heterocycles. The van der Waals surface area contributed by atoms with Gasteiger partial charge in [-0.2, -0.15) is 0 Å². The molecule has 0 atom stereocenters. The molecule has 0 aliphatic rings. The molecule has 3 aromatic rings. The number of methoxy groups -OCH3 is 1. The second-order valence-electron chi connectivity index (χ2n) is 5.17. The van der Waals surface area contributed by atoms with Crippen molar-refractivity contribution in [1.82, 2.24) is 9.38 Å². The molecule has 2 aromatic heterocycles. The Hall–Kier alpha value is -3.09. The van der Waals surface area contributed by atoms with Gasteiger partial charge in [-0.1, -0.05) is 6.07 Å². The number of azo groups is 1. The van der Waals surface area contributed by atoms with E-state index in [4.69, 9.17) is 4.74 Å². The van der Waals surface area contributed by atoms with Gasteiger partial charge in [-0.15, -0.1) is 10.2 Å². The van der Waals surface area contributed by atoms with Crippen LogP contribution >= 0.6 is 0 Å². The minimum atomic E-state index is -0.408. The van der Waals surface area contributed by atoms with E-state index in [-0.39, 0.29) is 12.2 Å². The standard InChI is InChI=1S/C17H15FN4O2/c1-11-4-3-5-15-19-14(10-16(23)24-2)17(22(11)15)21-20-13-8-6-12(18)7-9-13/h3-9H,10H2,1-2H3. The van der Waals surface area contributed by atoms with Crippen LogP contribution in [0.1, 0.15) is 11.4 Å². The molecule has 0 amide bonds. The molecule has 0 unspecified atom stereocenters. The van der Waals surface area contributed by atoms with Crippen LogP contribution in [0.2, 0.25) is 0 Å². The first-order chi connectivity index (χ1) is 11.6. The first-order valence-corrected chi connectivity index (χ1v) is 7.29. The molecule has 0 bridgehead atoms. The maximum atomic E-state index is 13.0. The highest BCUT2D eigenvalue weighted by atomic mass is 19.1. The van der Waals surface area contributed by atoms with Crippen LogP contribution in [0.4, 0.5) is 15.9 Å². The molecule has 0 spiro atoms. The van der Waals surface area contributed by atoms with E-state index >= 15 is 0 Å². The molecule has 24 heavy (non-hydrogen) atoms. The van der Waals surface area contributed by atoms with Gasteiger partial charge in [-0.25, -0.2) is 9.37 Å². The van der Waals surface area contributed by atoms with Crippen molar-refractivity contribution < 1.29 is 13.9 Å². The average molecular weight is 326 g/mol. The summed E-state index contributed by atoms with van der Waals surface area (Å²) in [5.41, 5.74) is 2.55. The summed E-state index contributed by atoms with van der Waals surface area (Å²) in [5.74, 6) is -0.293. The topological polar surface area (TPSA) is 68.3 Å². The number of fused-ring (bicyclic) bond motifs is 1. The van der Waals surface area contributed by atoms with Crippen LogP contribution in [0.3, 0.4) is 0 Å². The maximum Gasteiger partial charge on any atom is 0.311 e. The quantitative estimate of drug-likeness (QED) is 0.539. The lowest BCUT2D eigenvalue weighted by Gasteiger charge is -2.02. The highest BCUT2D eigenvalue weighted by molar-refractivity contribution is 5.74. The van der Waals surface area contributed by atoms with E-state index in [1.165, 1.54) is 31.4 Å². The Kier molecular flexibility index (Phi) is 4.33. The highest BCUT2D eigenvalue weighted by Gasteiger charge is 2.16. The van der Waals surface area contributed by atoms with Crippen molar-refractivity contribution in [2.45, 2.75) is 13.3 Å². The maximum absolute atomic E-state index is 13.0. The molecule has 0 fully saturated rings. The summed E-state index contributed by atoms with van der Waals surface area (Å²) in [4.78, 5) is 16.1. The summed E-state index contributed by atoms with van der Waals surface area (Å²) in [7, 11) is 1.32. The normalized spacial score (nSPS) is 11.3. The zero-order chi connectivity index (χ0) is 17.1. The van der Waals surface area contributed by atoms with E-state index in [1.54, 1.807) is 0 Å². The highest BCUT2D eigenvalue weighted by Crippen LogP contribution is 2.26. The number of imidazole rings is 1. The average Bonchev–Trinajstić information content (AvgIpc) is 2.92. The molecule has 0 aliphatic carbocycles. The number of nitrogens with zero attached hydrogens (tertiary/aromatic N) is 4. The van der Waals surface area contributed by atoms with Crippen molar-refractivity contribution in [2.75, 3.05) is 7.11 Å². The lowest BCUT2D eigenvalue weighted by Crippen LogP contribution is -2.04. The summed E-state index contributed by atoms with van der Waals surface area (Å²) in [6.07, 6.45) is -0.00457. The summed E-state index contributed by atoms with van der Waals surface area (Å²) >= 11 is 0. The Morgan fingerprint density at radius 2 is 1.96 bits per heavy atom. The van der Waals surface area contributed by atoms with Gasteiger partial charge in [-0.05, 0) is 43.3 Å². The monoisotopic (exact) mass is 326 g/mol. The molecule has 3 rings (SSSR count). The Balaban J connectivity index is 2.07. The number of halogens is 1. The number of carbonyl (C=O) groups excluding carboxylic acids is 1. The first-order valence-electron chi connectivity index (χ1n) is 7.29. The molecule has 0 aliphatic heterocycles. The first kappa shape index (κ1) is 15.8. The Morgan fingerprint density at radius 3 is 2.67 bits per heavy atom. The number of esters is 1. The third kappa shape index (κ3) is 3.15. The molecular weight excluding hydrogens is 311 g/mol. The summed E-state index contributed by atoms with van der Waals surface area (Å²) < 4.78 is 19.5. The Labute approximate surface area is 137 Å². The van der Waals surface area contributed by atoms with Crippen LogP contribution in [0, 0.1) is 12.7 Å². The fourth-order valence-electron chi connectivity index (χ4n) is 2.33. The van der Waals surface area contributed by atoms with Crippen LogP contribution in [0.25, 0.3) is 5.65 Å². The predicted molar refractivity (Wildman–Crippen MR) is 86.2 cm³/mol. The van der Waals surface area contributed by atoms with Gasteiger partial charge in [0.25, 0.3) is 0 Å². The Morgan fingerprint density at radius 1 is 1.21 bits per heavy atom. The number of rotatable bonds is 4. The van der Waals surface area contributed by atoms with Gasteiger partial charge >= 0.3 is 5.97 Å². The molecule has 0 N–H and O–H groups in total. The van der Waals surface area contributed by atoms with Gasteiger partial charge in [-0.3, -0.25) is 9.20 Å².